The summed E-state index contributed by atoms with van der Waals surface area (Å²) in [4.78, 5) is 2.29. The lowest BCUT2D eigenvalue weighted by molar-refractivity contribution is 0.451. The van der Waals surface area contributed by atoms with Crippen molar-refractivity contribution in [3.8, 4) is 22.5 Å². The minimum absolute atomic E-state index is 0.0981. The van der Waals surface area contributed by atoms with Crippen molar-refractivity contribution in [2.24, 2.45) is 0 Å². The number of benzene rings is 3. The van der Waals surface area contributed by atoms with Crippen molar-refractivity contribution < 1.29 is 17.4 Å². The molecule has 0 saturated carbocycles. The van der Waals surface area contributed by atoms with Crippen molar-refractivity contribution in [2.45, 2.75) is 43.4 Å². The van der Waals surface area contributed by atoms with Gasteiger partial charge in [0.15, 0.2) is 0 Å². The Morgan fingerprint density at radius 1 is 0.806 bits per heavy atom. The second kappa shape index (κ2) is 9.37. The van der Waals surface area contributed by atoms with E-state index in [1.54, 1.807) is 18.2 Å². The van der Waals surface area contributed by atoms with Crippen LogP contribution in [0.4, 0.5) is 5.69 Å². The van der Waals surface area contributed by atoms with Gasteiger partial charge in [-0.25, -0.2) is 4.58 Å². The number of fused-ring (bicyclic) bond motifs is 2. The molecule has 3 heterocycles. The first-order valence-corrected chi connectivity index (χ1v) is 14.3. The standard InChI is InChI=1S/C29H30N2O4S/c32-36(33,34)28-10-4-3-9-25(28)29-23-13-11-21(30-15-5-1-6-16-30)19-26(23)35-27-20-22(12-14-24(27)29)31-17-7-2-8-18-31/h3-4,9-14,19-20H,1-2,5-8,15-18H2/p+1. The highest BCUT2D eigenvalue weighted by Gasteiger charge is 2.25. The van der Waals surface area contributed by atoms with E-state index in [4.69, 9.17) is 4.42 Å². The molecule has 6 nitrogen and oxygen atoms in total. The molecule has 0 radical (unpaired) electrons. The lowest BCUT2D eigenvalue weighted by atomic mass is 9.93. The average Bonchev–Trinajstić information content (AvgIpc) is 2.91. The largest absolute Gasteiger partial charge is 0.456 e. The number of hydrogen-bond donors (Lipinski definition) is 1. The summed E-state index contributed by atoms with van der Waals surface area (Å²) in [6, 6.07) is 19.0. The normalized spacial score (nSPS) is 17.1. The summed E-state index contributed by atoms with van der Waals surface area (Å²) in [5.74, 6) is 0.710. The van der Waals surface area contributed by atoms with Gasteiger partial charge in [-0.3, -0.25) is 4.55 Å². The summed E-state index contributed by atoms with van der Waals surface area (Å²) in [6.45, 7) is 4.10. The molecule has 36 heavy (non-hydrogen) atoms. The van der Waals surface area contributed by atoms with Gasteiger partial charge in [-0.15, -0.1) is 0 Å². The van der Waals surface area contributed by atoms with Crippen LogP contribution in [0.25, 0.3) is 33.4 Å². The van der Waals surface area contributed by atoms with Crippen LogP contribution in [0.5, 0.6) is 0 Å². The molecule has 2 saturated heterocycles. The van der Waals surface area contributed by atoms with Crippen molar-refractivity contribution >= 4 is 26.8 Å². The lowest BCUT2D eigenvalue weighted by Gasteiger charge is -2.29. The molecule has 6 rings (SSSR count). The third-order valence-electron chi connectivity index (χ3n) is 7.57. The van der Waals surface area contributed by atoms with Crippen LogP contribution >= 0.6 is 0 Å². The van der Waals surface area contributed by atoms with E-state index in [2.05, 4.69) is 33.7 Å². The van der Waals surface area contributed by atoms with Crippen molar-refractivity contribution in [1.82, 2.24) is 4.58 Å². The quantitative estimate of drug-likeness (QED) is 0.230. The number of piperidine rings is 2. The Kier molecular flexibility index (Phi) is 6.05. The highest BCUT2D eigenvalue weighted by Crippen LogP contribution is 2.43. The molecule has 0 atom stereocenters. The fourth-order valence-corrected chi connectivity index (χ4v) is 6.45. The summed E-state index contributed by atoms with van der Waals surface area (Å²) in [6.07, 6.45) is 7.24. The minimum Gasteiger partial charge on any atom is -0.456 e. The molecule has 3 aliphatic heterocycles. The van der Waals surface area contributed by atoms with Gasteiger partial charge in [-0.1, -0.05) is 18.2 Å². The van der Waals surface area contributed by atoms with Gasteiger partial charge in [0.1, 0.15) is 29.3 Å². The summed E-state index contributed by atoms with van der Waals surface area (Å²) in [7, 11) is -4.42. The fourth-order valence-electron chi connectivity index (χ4n) is 5.75. The SMILES string of the molecule is O=S(=O)(O)c1ccccc1-c1c2ccc(=[N+]3CCCCC3)cc-2oc2cc(N3CCCCC3)ccc12. The summed E-state index contributed by atoms with van der Waals surface area (Å²) < 4.78 is 43.6. The van der Waals surface area contributed by atoms with Gasteiger partial charge >= 0.3 is 0 Å². The molecule has 0 unspecified atom stereocenters. The van der Waals surface area contributed by atoms with Crippen LogP contribution in [-0.4, -0.2) is 39.1 Å². The number of nitrogens with zero attached hydrogens (tertiary/aromatic N) is 2. The molecule has 186 valence electrons. The average molecular weight is 504 g/mol. The topological polar surface area (TPSA) is 73.8 Å². The Morgan fingerprint density at radius 2 is 1.56 bits per heavy atom. The molecule has 0 aromatic heterocycles. The predicted octanol–water partition coefficient (Wildman–Crippen LogP) is 5.40. The van der Waals surface area contributed by atoms with Gasteiger partial charge in [-0.05, 0) is 49.9 Å². The molecule has 1 aliphatic carbocycles. The lowest BCUT2D eigenvalue weighted by Crippen LogP contribution is -2.34. The Balaban J connectivity index is 1.65. The molecule has 4 aliphatic rings. The van der Waals surface area contributed by atoms with Crippen molar-refractivity contribution in [3.63, 3.8) is 0 Å². The Hall–Kier alpha value is -3.16. The summed E-state index contributed by atoms with van der Waals surface area (Å²) in [5.41, 5.74) is 3.88. The molecule has 2 fully saturated rings. The van der Waals surface area contributed by atoms with Gasteiger partial charge in [0.05, 0.1) is 6.07 Å². The van der Waals surface area contributed by atoms with Crippen molar-refractivity contribution in [1.29, 1.82) is 0 Å². The molecule has 7 heteroatoms. The van der Waals surface area contributed by atoms with E-state index in [1.807, 2.05) is 12.1 Å². The van der Waals surface area contributed by atoms with Crippen LogP contribution in [0.15, 0.2) is 70.0 Å². The van der Waals surface area contributed by atoms with E-state index in [-0.39, 0.29) is 4.90 Å². The molecule has 0 spiro atoms. The third-order valence-corrected chi connectivity index (χ3v) is 8.48. The van der Waals surface area contributed by atoms with Gasteiger partial charge in [0.2, 0.25) is 5.36 Å². The first-order chi connectivity index (χ1) is 17.5. The molecular weight excluding hydrogens is 472 g/mol. The summed E-state index contributed by atoms with van der Waals surface area (Å²) in [5, 5.41) is 1.94. The monoisotopic (exact) mass is 503 g/mol. The van der Waals surface area contributed by atoms with Crippen LogP contribution in [0.3, 0.4) is 0 Å². The van der Waals surface area contributed by atoms with Gasteiger partial charge in [-0.2, -0.15) is 8.42 Å². The van der Waals surface area contributed by atoms with E-state index < -0.39 is 10.1 Å². The van der Waals surface area contributed by atoms with E-state index in [0.717, 1.165) is 53.7 Å². The zero-order chi connectivity index (χ0) is 24.7. The molecular formula is C29H31N2O4S+. The molecule has 2 aromatic carbocycles. The number of anilines is 1. The maximum Gasteiger partial charge on any atom is 0.295 e. The first-order valence-electron chi connectivity index (χ1n) is 12.9. The van der Waals surface area contributed by atoms with Crippen molar-refractivity contribution in [2.75, 3.05) is 31.1 Å². The van der Waals surface area contributed by atoms with Crippen LogP contribution in [-0.2, 0) is 10.1 Å². The van der Waals surface area contributed by atoms with Gasteiger partial charge in [0.25, 0.3) is 10.1 Å². The highest BCUT2D eigenvalue weighted by molar-refractivity contribution is 7.86. The van der Waals surface area contributed by atoms with Crippen LogP contribution < -0.4 is 14.8 Å². The van der Waals surface area contributed by atoms with Crippen LogP contribution in [0.2, 0.25) is 0 Å². The Morgan fingerprint density at radius 3 is 2.33 bits per heavy atom. The molecule has 0 bridgehead atoms. The number of rotatable bonds is 3. The number of hydrogen-bond acceptors (Lipinski definition) is 4. The van der Waals surface area contributed by atoms with E-state index >= 15 is 0 Å². The predicted molar refractivity (Wildman–Crippen MR) is 143 cm³/mol. The minimum atomic E-state index is -4.42. The highest BCUT2D eigenvalue weighted by atomic mass is 32.2. The Bertz CT molecular complexity index is 1570. The van der Waals surface area contributed by atoms with Crippen LogP contribution in [0, 0.1) is 0 Å². The maximum absolute atomic E-state index is 12.3. The maximum atomic E-state index is 12.3. The second-order valence-electron chi connectivity index (χ2n) is 9.90. The molecule has 2 aromatic rings. The fraction of sp³-hybridized carbons (Fsp3) is 0.345. The smallest absolute Gasteiger partial charge is 0.295 e. The Labute approximate surface area is 211 Å². The molecule has 0 amide bonds. The van der Waals surface area contributed by atoms with Gasteiger partial charge < -0.3 is 9.32 Å². The van der Waals surface area contributed by atoms with Crippen LogP contribution in [0.1, 0.15) is 38.5 Å². The third kappa shape index (κ3) is 4.31. The first kappa shape index (κ1) is 23.3. The van der Waals surface area contributed by atoms with Gasteiger partial charge in [0, 0.05) is 65.8 Å². The second-order valence-corrected chi connectivity index (χ2v) is 11.3. The molecule has 1 N–H and O–H groups in total. The van der Waals surface area contributed by atoms with E-state index in [1.165, 1.54) is 44.6 Å². The zero-order valence-corrected chi connectivity index (χ0v) is 21.1. The van der Waals surface area contributed by atoms with E-state index in [0.29, 0.717) is 16.9 Å². The zero-order valence-electron chi connectivity index (χ0n) is 20.3. The summed E-state index contributed by atoms with van der Waals surface area (Å²) >= 11 is 0. The van der Waals surface area contributed by atoms with E-state index in [9.17, 15) is 13.0 Å². The van der Waals surface area contributed by atoms with Crippen molar-refractivity contribution in [3.05, 3.63) is 66.0 Å².